The van der Waals surface area contributed by atoms with E-state index in [2.05, 4.69) is 25.5 Å². The normalized spacial score (nSPS) is 15.8. The largest absolute Gasteiger partial charge is 0.354 e. The summed E-state index contributed by atoms with van der Waals surface area (Å²) in [6.07, 6.45) is 4.03. The van der Waals surface area contributed by atoms with Gasteiger partial charge in [0.1, 0.15) is 6.04 Å². The van der Waals surface area contributed by atoms with Crippen molar-refractivity contribution in [3.05, 3.63) is 41.5 Å². The number of carbonyl (C=O) groups excluding carboxylic acids is 2. The summed E-state index contributed by atoms with van der Waals surface area (Å²) in [5, 5.41) is 5.91. The van der Waals surface area contributed by atoms with Gasteiger partial charge in [0.25, 0.3) is 0 Å². The number of piperidine rings is 1. The van der Waals surface area contributed by atoms with E-state index in [0.29, 0.717) is 6.42 Å². The van der Waals surface area contributed by atoms with Gasteiger partial charge in [-0.25, -0.2) is 9.97 Å². The molecule has 0 aliphatic carbocycles. The monoisotopic (exact) mass is 398 g/mol. The molecule has 0 unspecified atom stereocenters. The van der Waals surface area contributed by atoms with Crippen LogP contribution in [0.15, 0.2) is 24.4 Å². The van der Waals surface area contributed by atoms with Crippen molar-refractivity contribution in [2.75, 3.05) is 18.0 Å². The number of hydrogen-bond acceptors (Lipinski definition) is 5. The molecule has 0 radical (unpaired) electrons. The minimum absolute atomic E-state index is 0.0781. The molecule has 0 bridgehead atoms. The summed E-state index contributed by atoms with van der Waals surface area (Å²) < 4.78 is 1.96. The molecule has 3 heterocycles. The molecule has 1 saturated heterocycles. The number of rotatable bonds is 6. The highest BCUT2D eigenvalue weighted by atomic mass is 16.2. The quantitative estimate of drug-likeness (QED) is 0.764. The number of carbonyl (C=O) groups is 2. The van der Waals surface area contributed by atoms with Crippen molar-refractivity contribution in [3.63, 3.8) is 0 Å². The summed E-state index contributed by atoms with van der Waals surface area (Å²) in [5.74, 6) is 0.413. The molecule has 29 heavy (non-hydrogen) atoms. The predicted octanol–water partition coefficient (Wildman–Crippen LogP) is 1.26. The molecule has 1 fully saturated rings. The van der Waals surface area contributed by atoms with Gasteiger partial charge in [0, 0.05) is 62.8 Å². The van der Waals surface area contributed by atoms with Crippen molar-refractivity contribution in [2.45, 2.75) is 52.1 Å². The number of anilines is 1. The van der Waals surface area contributed by atoms with Crippen LogP contribution in [-0.4, -0.2) is 51.5 Å². The Hall–Kier alpha value is -2.90. The van der Waals surface area contributed by atoms with E-state index in [1.165, 1.54) is 6.92 Å². The van der Waals surface area contributed by atoms with Gasteiger partial charge in [0.15, 0.2) is 0 Å². The lowest BCUT2D eigenvalue weighted by Gasteiger charge is -2.33. The summed E-state index contributed by atoms with van der Waals surface area (Å²) in [7, 11) is 1.93. The zero-order chi connectivity index (χ0) is 21.0. The third-order valence-corrected chi connectivity index (χ3v) is 5.25. The van der Waals surface area contributed by atoms with E-state index in [1.807, 2.05) is 49.9 Å². The summed E-state index contributed by atoms with van der Waals surface area (Å²) in [4.78, 5) is 35.7. The average molecular weight is 399 g/mol. The molecule has 1 atom stereocenters. The Labute approximate surface area is 171 Å². The van der Waals surface area contributed by atoms with E-state index in [4.69, 9.17) is 0 Å². The first-order valence-corrected chi connectivity index (χ1v) is 10.1. The van der Waals surface area contributed by atoms with Crippen LogP contribution in [0.4, 0.5) is 5.95 Å². The van der Waals surface area contributed by atoms with Crippen molar-refractivity contribution in [2.24, 2.45) is 7.05 Å². The van der Waals surface area contributed by atoms with Gasteiger partial charge >= 0.3 is 0 Å². The SMILES string of the molecule is CC(=O)N[C@@H](Cc1cccn1C)C(=O)NC1CCN(c2nc(C)cc(C)n2)CC1. The maximum Gasteiger partial charge on any atom is 0.243 e. The van der Waals surface area contributed by atoms with E-state index >= 15 is 0 Å². The molecule has 8 heteroatoms. The standard InChI is InChI=1S/C21H30N6O2/c1-14-12-15(2)23-21(22-14)27-10-7-17(8-11-27)25-20(29)19(24-16(3)28)13-18-6-5-9-26(18)4/h5-6,9,12,17,19H,7-8,10-11,13H2,1-4H3,(H,24,28)(H,25,29)/t19-/m0/s1. The third kappa shape index (κ3) is 5.56. The molecule has 0 spiro atoms. The van der Waals surface area contributed by atoms with Crippen LogP contribution in [0.2, 0.25) is 0 Å². The van der Waals surface area contributed by atoms with Crippen LogP contribution in [0.5, 0.6) is 0 Å². The van der Waals surface area contributed by atoms with E-state index in [9.17, 15) is 9.59 Å². The maximum atomic E-state index is 12.9. The molecule has 2 amide bonds. The van der Waals surface area contributed by atoms with E-state index in [1.54, 1.807) is 0 Å². The number of hydrogen-bond donors (Lipinski definition) is 2. The first kappa shape index (κ1) is 20.8. The van der Waals surface area contributed by atoms with Crippen molar-refractivity contribution >= 4 is 17.8 Å². The van der Waals surface area contributed by atoms with Crippen LogP contribution >= 0.6 is 0 Å². The van der Waals surface area contributed by atoms with Crippen LogP contribution in [-0.2, 0) is 23.1 Å². The first-order valence-electron chi connectivity index (χ1n) is 10.1. The van der Waals surface area contributed by atoms with E-state index < -0.39 is 6.04 Å². The van der Waals surface area contributed by atoms with E-state index in [-0.39, 0.29) is 17.9 Å². The zero-order valence-electron chi connectivity index (χ0n) is 17.6. The highest BCUT2D eigenvalue weighted by molar-refractivity contribution is 5.87. The van der Waals surface area contributed by atoms with Crippen LogP contribution in [0.3, 0.4) is 0 Å². The Morgan fingerprint density at radius 3 is 2.41 bits per heavy atom. The van der Waals surface area contributed by atoms with E-state index in [0.717, 1.165) is 49.0 Å². The van der Waals surface area contributed by atoms with Crippen molar-refractivity contribution < 1.29 is 9.59 Å². The second kappa shape index (κ2) is 9.07. The van der Waals surface area contributed by atoms with Crippen LogP contribution in [0, 0.1) is 13.8 Å². The zero-order valence-corrected chi connectivity index (χ0v) is 17.6. The third-order valence-electron chi connectivity index (χ3n) is 5.25. The molecule has 0 aromatic carbocycles. The molecule has 2 N–H and O–H groups in total. The number of nitrogens with zero attached hydrogens (tertiary/aromatic N) is 4. The van der Waals surface area contributed by atoms with Crippen molar-refractivity contribution in [1.82, 2.24) is 25.2 Å². The molecule has 2 aromatic heterocycles. The van der Waals surface area contributed by atoms with Crippen LogP contribution in [0.1, 0.15) is 36.8 Å². The topological polar surface area (TPSA) is 92.2 Å². The lowest BCUT2D eigenvalue weighted by atomic mass is 10.0. The minimum atomic E-state index is -0.582. The van der Waals surface area contributed by atoms with Gasteiger partial charge in [-0.3, -0.25) is 9.59 Å². The number of aromatic nitrogens is 3. The fourth-order valence-corrected chi connectivity index (χ4v) is 3.75. The lowest BCUT2D eigenvalue weighted by molar-refractivity contribution is -0.128. The summed E-state index contributed by atoms with van der Waals surface area (Å²) in [6, 6.07) is 5.36. The molecular weight excluding hydrogens is 368 g/mol. The molecule has 1 aliphatic rings. The predicted molar refractivity (Wildman–Crippen MR) is 112 cm³/mol. The second-order valence-electron chi connectivity index (χ2n) is 7.79. The number of aryl methyl sites for hydroxylation is 3. The van der Waals surface area contributed by atoms with Gasteiger partial charge < -0.3 is 20.1 Å². The number of nitrogens with one attached hydrogen (secondary N) is 2. The molecule has 3 rings (SSSR count). The molecule has 0 saturated carbocycles. The average Bonchev–Trinajstić information content (AvgIpc) is 3.05. The Kier molecular flexibility index (Phi) is 6.51. The number of amides is 2. The molecule has 1 aliphatic heterocycles. The molecule has 156 valence electrons. The summed E-state index contributed by atoms with van der Waals surface area (Å²) in [6.45, 7) is 6.96. The van der Waals surface area contributed by atoms with Crippen LogP contribution < -0.4 is 15.5 Å². The summed E-state index contributed by atoms with van der Waals surface area (Å²) >= 11 is 0. The molecule has 2 aromatic rings. The van der Waals surface area contributed by atoms with Gasteiger partial charge in [0.05, 0.1) is 0 Å². The molecule has 8 nitrogen and oxygen atoms in total. The van der Waals surface area contributed by atoms with Crippen molar-refractivity contribution in [1.29, 1.82) is 0 Å². The fourth-order valence-electron chi connectivity index (χ4n) is 3.75. The Bertz CT molecular complexity index is 850. The minimum Gasteiger partial charge on any atom is -0.354 e. The van der Waals surface area contributed by atoms with Gasteiger partial charge in [-0.05, 0) is 44.9 Å². The highest BCUT2D eigenvalue weighted by Crippen LogP contribution is 2.17. The lowest BCUT2D eigenvalue weighted by Crippen LogP contribution is -2.52. The molecular formula is C21H30N6O2. The first-order chi connectivity index (χ1) is 13.8. The smallest absolute Gasteiger partial charge is 0.243 e. The van der Waals surface area contributed by atoms with Gasteiger partial charge in [-0.1, -0.05) is 0 Å². The van der Waals surface area contributed by atoms with Gasteiger partial charge in [-0.2, -0.15) is 0 Å². The van der Waals surface area contributed by atoms with Gasteiger partial charge in [-0.15, -0.1) is 0 Å². The Balaban J connectivity index is 1.58. The van der Waals surface area contributed by atoms with Crippen LogP contribution in [0.25, 0.3) is 0 Å². The second-order valence-corrected chi connectivity index (χ2v) is 7.79. The maximum absolute atomic E-state index is 12.9. The summed E-state index contributed by atoms with van der Waals surface area (Å²) in [5.41, 5.74) is 2.92. The van der Waals surface area contributed by atoms with Crippen molar-refractivity contribution in [3.8, 4) is 0 Å². The highest BCUT2D eigenvalue weighted by Gasteiger charge is 2.27. The Morgan fingerprint density at radius 2 is 1.86 bits per heavy atom. The Morgan fingerprint density at radius 1 is 1.21 bits per heavy atom. The fraction of sp³-hybridized carbons (Fsp3) is 0.524. The van der Waals surface area contributed by atoms with Gasteiger partial charge in [0.2, 0.25) is 17.8 Å².